The summed E-state index contributed by atoms with van der Waals surface area (Å²) in [5.41, 5.74) is 7.80. The molecule has 1 heterocycles. The van der Waals surface area contributed by atoms with Crippen molar-refractivity contribution >= 4 is 5.91 Å². The zero-order chi connectivity index (χ0) is 17.6. The van der Waals surface area contributed by atoms with Gasteiger partial charge in [-0.25, -0.2) is 0 Å². The van der Waals surface area contributed by atoms with Crippen LogP contribution in [0.5, 0.6) is 0 Å². The van der Waals surface area contributed by atoms with Crippen molar-refractivity contribution in [3.63, 3.8) is 0 Å². The molecule has 1 amide bonds. The van der Waals surface area contributed by atoms with E-state index in [4.69, 9.17) is 10.5 Å². The number of aryl methyl sites for hydroxylation is 1. The lowest BCUT2D eigenvalue weighted by Crippen LogP contribution is -2.53. The highest BCUT2D eigenvalue weighted by Gasteiger charge is 2.29. The molecular formula is C19H31N3O2. The largest absolute Gasteiger partial charge is 0.379 e. The second-order valence-electron chi connectivity index (χ2n) is 6.95. The van der Waals surface area contributed by atoms with Crippen LogP contribution in [0.4, 0.5) is 0 Å². The van der Waals surface area contributed by atoms with Gasteiger partial charge in [0, 0.05) is 19.6 Å². The second kappa shape index (κ2) is 8.60. The topological polar surface area (TPSA) is 67.6 Å². The summed E-state index contributed by atoms with van der Waals surface area (Å²) < 4.78 is 5.47. The molecule has 2 rings (SSSR count). The molecule has 3 N–H and O–H groups in total. The van der Waals surface area contributed by atoms with Gasteiger partial charge in [-0.3, -0.25) is 9.69 Å². The molecule has 2 unspecified atom stereocenters. The van der Waals surface area contributed by atoms with Crippen molar-refractivity contribution in [3.05, 3.63) is 35.4 Å². The van der Waals surface area contributed by atoms with E-state index >= 15 is 0 Å². The molecule has 1 aromatic rings. The fourth-order valence-corrected chi connectivity index (χ4v) is 3.16. The summed E-state index contributed by atoms with van der Waals surface area (Å²) in [6, 6.07) is 8.68. The summed E-state index contributed by atoms with van der Waals surface area (Å²) in [7, 11) is 0. The fourth-order valence-electron chi connectivity index (χ4n) is 3.16. The summed E-state index contributed by atoms with van der Waals surface area (Å²) in [6.07, 6.45) is 1.58. The number of nitrogens with one attached hydrogen (secondary N) is 1. The number of rotatable bonds is 7. The molecule has 1 aliphatic rings. The molecule has 5 nitrogen and oxygen atoms in total. The van der Waals surface area contributed by atoms with Crippen molar-refractivity contribution in [2.24, 2.45) is 5.73 Å². The van der Waals surface area contributed by atoms with Crippen LogP contribution in [-0.2, 0) is 9.53 Å². The highest BCUT2D eigenvalue weighted by molar-refractivity contribution is 5.85. The Morgan fingerprint density at radius 1 is 1.33 bits per heavy atom. The maximum Gasteiger partial charge on any atom is 0.239 e. The Morgan fingerprint density at radius 2 is 1.96 bits per heavy atom. The van der Waals surface area contributed by atoms with Crippen LogP contribution in [0.25, 0.3) is 0 Å². The van der Waals surface area contributed by atoms with Crippen LogP contribution in [0.1, 0.15) is 43.9 Å². The van der Waals surface area contributed by atoms with Gasteiger partial charge in [-0.15, -0.1) is 0 Å². The monoisotopic (exact) mass is 333 g/mol. The molecule has 0 spiro atoms. The van der Waals surface area contributed by atoms with Crippen LogP contribution in [0, 0.1) is 6.92 Å². The highest BCUT2D eigenvalue weighted by Crippen LogP contribution is 2.22. The Labute approximate surface area is 145 Å². The average Bonchev–Trinajstić information content (AvgIpc) is 2.57. The molecule has 1 saturated heterocycles. The minimum Gasteiger partial charge on any atom is -0.379 e. The molecule has 0 aromatic heterocycles. The standard InChI is InChI=1S/C19H31N3O2/c1-4-9-19(3,20)18(23)21-14-17(22-10-12-24-13-11-22)16-7-5-15(2)6-8-16/h5-8,17H,4,9-14,20H2,1-3H3,(H,21,23). The van der Waals surface area contributed by atoms with E-state index in [0.717, 1.165) is 32.7 Å². The summed E-state index contributed by atoms with van der Waals surface area (Å²) in [4.78, 5) is 14.8. The van der Waals surface area contributed by atoms with Crippen molar-refractivity contribution < 1.29 is 9.53 Å². The van der Waals surface area contributed by atoms with E-state index in [1.54, 1.807) is 6.92 Å². The van der Waals surface area contributed by atoms with Crippen molar-refractivity contribution in [2.45, 2.75) is 45.2 Å². The summed E-state index contributed by atoms with van der Waals surface area (Å²) in [5, 5.41) is 3.07. The normalized spacial score (nSPS) is 19.5. The Bertz CT molecular complexity index is 522. The predicted molar refractivity (Wildman–Crippen MR) is 96.8 cm³/mol. The van der Waals surface area contributed by atoms with E-state index in [1.807, 2.05) is 6.92 Å². The number of nitrogens with zero attached hydrogens (tertiary/aromatic N) is 1. The number of amides is 1. The Kier molecular flexibility index (Phi) is 6.78. The molecule has 0 aliphatic carbocycles. The smallest absolute Gasteiger partial charge is 0.239 e. The van der Waals surface area contributed by atoms with E-state index < -0.39 is 5.54 Å². The van der Waals surface area contributed by atoms with E-state index in [9.17, 15) is 4.79 Å². The molecule has 0 bridgehead atoms. The summed E-state index contributed by atoms with van der Waals surface area (Å²) >= 11 is 0. The molecule has 0 radical (unpaired) electrons. The Hall–Kier alpha value is -1.43. The molecular weight excluding hydrogens is 302 g/mol. The fraction of sp³-hybridized carbons (Fsp3) is 0.632. The van der Waals surface area contributed by atoms with Crippen LogP contribution < -0.4 is 11.1 Å². The maximum absolute atomic E-state index is 12.4. The van der Waals surface area contributed by atoms with Crippen LogP contribution in [0.2, 0.25) is 0 Å². The molecule has 5 heteroatoms. The van der Waals surface area contributed by atoms with Crippen molar-refractivity contribution in [1.29, 1.82) is 0 Å². The second-order valence-corrected chi connectivity index (χ2v) is 6.95. The van der Waals surface area contributed by atoms with Gasteiger partial charge in [-0.1, -0.05) is 43.2 Å². The highest BCUT2D eigenvalue weighted by atomic mass is 16.5. The molecule has 2 atom stereocenters. The van der Waals surface area contributed by atoms with Crippen LogP contribution in [-0.4, -0.2) is 49.2 Å². The van der Waals surface area contributed by atoms with Gasteiger partial charge in [0.1, 0.15) is 0 Å². The number of nitrogens with two attached hydrogens (primary N) is 1. The van der Waals surface area contributed by atoms with Gasteiger partial charge in [-0.05, 0) is 25.8 Å². The number of carbonyl (C=O) groups is 1. The van der Waals surface area contributed by atoms with Gasteiger partial charge in [0.25, 0.3) is 0 Å². The van der Waals surface area contributed by atoms with Crippen LogP contribution >= 0.6 is 0 Å². The minimum absolute atomic E-state index is 0.0743. The molecule has 134 valence electrons. The molecule has 1 aliphatic heterocycles. The summed E-state index contributed by atoms with van der Waals surface area (Å²) in [5.74, 6) is -0.0743. The molecule has 0 saturated carbocycles. The maximum atomic E-state index is 12.4. The Balaban J connectivity index is 2.08. The zero-order valence-corrected chi connectivity index (χ0v) is 15.2. The lowest BCUT2D eigenvalue weighted by Gasteiger charge is -2.35. The van der Waals surface area contributed by atoms with Gasteiger partial charge < -0.3 is 15.8 Å². The quantitative estimate of drug-likeness (QED) is 0.801. The van der Waals surface area contributed by atoms with E-state index in [2.05, 4.69) is 41.4 Å². The lowest BCUT2D eigenvalue weighted by molar-refractivity contribution is -0.126. The zero-order valence-electron chi connectivity index (χ0n) is 15.2. The number of carbonyl (C=O) groups excluding carboxylic acids is 1. The average molecular weight is 333 g/mol. The predicted octanol–water partition coefficient (Wildman–Crippen LogP) is 2.00. The van der Waals surface area contributed by atoms with Crippen LogP contribution in [0.15, 0.2) is 24.3 Å². The van der Waals surface area contributed by atoms with E-state index in [0.29, 0.717) is 13.0 Å². The number of morpholine rings is 1. The first-order valence-electron chi connectivity index (χ1n) is 8.89. The van der Waals surface area contributed by atoms with Crippen molar-refractivity contribution in [3.8, 4) is 0 Å². The van der Waals surface area contributed by atoms with Gasteiger partial charge in [0.15, 0.2) is 0 Å². The van der Waals surface area contributed by atoms with E-state index in [-0.39, 0.29) is 11.9 Å². The SMILES string of the molecule is CCCC(C)(N)C(=O)NCC(c1ccc(C)cc1)N1CCOCC1. The van der Waals surface area contributed by atoms with Crippen molar-refractivity contribution in [2.75, 3.05) is 32.8 Å². The number of benzene rings is 1. The lowest BCUT2D eigenvalue weighted by atomic mass is 9.96. The third-order valence-corrected chi connectivity index (χ3v) is 4.69. The first-order chi connectivity index (χ1) is 11.4. The van der Waals surface area contributed by atoms with E-state index in [1.165, 1.54) is 11.1 Å². The van der Waals surface area contributed by atoms with Gasteiger partial charge >= 0.3 is 0 Å². The van der Waals surface area contributed by atoms with Crippen LogP contribution in [0.3, 0.4) is 0 Å². The van der Waals surface area contributed by atoms with Gasteiger partial charge in [0.2, 0.25) is 5.91 Å². The third kappa shape index (κ3) is 5.03. The molecule has 1 fully saturated rings. The third-order valence-electron chi connectivity index (χ3n) is 4.69. The first kappa shape index (κ1) is 18.9. The number of hydrogen-bond acceptors (Lipinski definition) is 4. The van der Waals surface area contributed by atoms with Crippen molar-refractivity contribution in [1.82, 2.24) is 10.2 Å². The number of hydrogen-bond donors (Lipinski definition) is 2. The molecule has 24 heavy (non-hydrogen) atoms. The summed E-state index contributed by atoms with van der Waals surface area (Å²) in [6.45, 7) is 9.73. The Morgan fingerprint density at radius 3 is 2.54 bits per heavy atom. The first-order valence-corrected chi connectivity index (χ1v) is 8.89. The number of ether oxygens (including phenoxy) is 1. The van der Waals surface area contributed by atoms with Gasteiger partial charge in [0.05, 0.1) is 24.8 Å². The molecule has 1 aromatic carbocycles. The minimum atomic E-state index is -0.808. The van der Waals surface area contributed by atoms with Gasteiger partial charge in [-0.2, -0.15) is 0 Å².